The smallest absolute Gasteiger partial charge is 0.244 e. The van der Waals surface area contributed by atoms with E-state index in [0.717, 1.165) is 45.2 Å². The first-order valence-corrected chi connectivity index (χ1v) is 6.85. The Morgan fingerprint density at radius 2 is 2.15 bits per heavy atom. The number of ether oxygens (including phenoxy) is 2. The van der Waals surface area contributed by atoms with E-state index in [1.165, 1.54) is 0 Å². The van der Waals surface area contributed by atoms with Gasteiger partial charge in [0.15, 0.2) is 5.82 Å². The standard InChI is InChI=1S/C12H22N6O2/c1-19-7-3-14-12-16-11(10-15-17-12)13-2-4-18-5-8-20-9-6-18/h10H,2-9H2,1H3,(H2,13,14,16,17). The predicted octanol–water partition coefficient (Wildman–Crippen LogP) is -0.326. The third-order valence-corrected chi connectivity index (χ3v) is 2.99. The lowest BCUT2D eigenvalue weighted by atomic mass is 10.4. The van der Waals surface area contributed by atoms with Gasteiger partial charge in [-0.2, -0.15) is 10.1 Å². The number of morpholine rings is 1. The first kappa shape index (κ1) is 14.9. The van der Waals surface area contributed by atoms with Gasteiger partial charge in [0.1, 0.15) is 0 Å². The molecule has 2 heterocycles. The first-order chi connectivity index (χ1) is 9.88. The average molecular weight is 282 g/mol. The molecule has 0 saturated carbocycles. The maximum atomic E-state index is 5.32. The van der Waals surface area contributed by atoms with Crippen LogP contribution in [-0.2, 0) is 9.47 Å². The molecule has 1 aromatic heterocycles. The molecule has 0 atom stereocenters. The van der Waals surface area contributed by atoms with Crippen LogP contribution in [0.1, 0.15) is 0 Å². The minimum atomic E-state index is 0.512. The molecule has 2 N–H and O–H groups in total. The van der Waals surface area contributed by atoms with Crippen LogP contribution in [0, 0.1) is 0 Å². The number of rotatable bonds is 8. The minimum Gasteiger partial charge on any atom is -0.383 e. The molecule has 1 aliphatic rings. The van der Waals surface area contributed by atoms with Crippen molar-refractivity contribution in [3.05, 3.63) is 6.20 Å². The third-order valence-electron chi connectivity index (χ3n) is 2.99. The lowest BCUT2D eigenvalue weighted by molar-refractivity contribution is 0.0398. The summed E-state index contributed by atoms with van der Waals surface area (Å²) in [4.78, 5) is 6.70. The molecule has 20 heavy (non-hydrogen) atoms. The van der Waals surface area contributed by atoms with E-state index >= 15 is 0 Å². The van der Waals surface area contributed by atoms with E-state index in [1.807, 2.05) is 0 Å². The minimum absolute atomic E-state index is 0.512. The van der Waals surface area contributed by atoms with Crippen LogP contribution in [0.25, 0.3) is 0 Å². The summed E-state index contributed by atoms with van der Waals surface area (Å²) in [5.74, 6) is 1.24. The number of aromatic nitrogens is 3. The van der Waals surface area contributed by atoms with Crippen molar-refractivity contribution in [2.75, 3.05) is 70.3 Å². The van der Waals surface area contributed by atoms with Gasteiger partial charge in [0.05, 0.1) is 26.0 Å². The highest BCUT2D eigenvalue weighted by atomic mass is 16.5. The topological polar surface area (TPSA) is 84.4 Å². The fraction of sp³-hybridized carbons (Fsp3) is 0.750. The highest BCUT2D eigenvalue weighted by molar-refractivity contribution is 5.36. The van der Waals surface area contributed by atoms with Gasteiger partial charge < -0.3 is 20.1 Å². The number of nitrogens with zero attached hydrogens (tertiary/aromatic N) is 4. The maximum Gasteiger partial charge on any atom is 0.244 e. The van der Waals surface area contributed by atoms with Crippen molar-refractivity contribution >= 4 is 11.8 Å². The van der Waals surface area contributed by atoms with Crippen molar-refractivity contribution in [2.24, 2.45) is 0 Å². The molecule has 1 aromatic rings. The predicted molar refractivity (Wildman–Crippen MR) is 75.9 cm³/mol. The normalized spacial score (nSPS) is 16.1. The van der Waals surface area contributed by atoms with Gasteiger partial charge in [-0.3, -0.25) is 4.90 Å². The van der Waals surface area contributed by atoms with Crippen molar-refractivity contribution in [3.8, 4) is 0 Å². The van der Waals surface area contributed by atoms with E-state index in [9.17, 15) is 0 Å². The fourth-order valence-corrected chi connectivity index (χ4v) is 1.90. The molecular formula is C12H22N6O2. The molecule has 1 fully saturated rings. The fourth-order valence-electron chi connectivity index (χ4n) is 1.90. The Labute approximate surface area is 118 Å². The Bertz CT molecular complexity index is 386. The van der Waals surface area contributed by atoms with Gasteiger partial charge in [0.25, 0.3) is 0 Å². The number of methoxy groups -OCH3 is 1. The van der Waals surface area contributed by atoms with E-state index in [2.05, 4.69) is 30.7 Å². The van der Waals surface area contributed by atoms with Crippen LogP contribution in [0.4, 0.5) is 11.8 Å². The summed E-state index contributed by atoms with van der Waals surface area (Å²) in [6.45, 7) is 6.70. The lowest BCUT2D eigenvalue weighted by Gasteiger charge is -2.26. The number of hydrogen-bond acceptors (Lipinski definition) is 8. The van der Waals surface area contributed by atoms with Gasteiger partial charge in [0.2, 0.25) is 5.95 Å². The number of anilines is 2. The van der Waals surface area contributed by atoms with Gasteiger partial charge in [-0.05, 0) is 0 Å². The zero-order valence-electron chi connectivity index (χ0n) is 11.8. The second kappa shape index (κ2) is 8.62. The SMILES string of the molecule is COCCNc1nncc(NCCN2CCOCC2)n1. The Morgan fingerprint density at radius 3 is 2.95 bits per heavy atom. The molecule has 0 radical (unpaired) electrons. The lowest BCUT2D eigenvalue weighted by Crippen LogP contribution is -2.39. The molecule has 1 aliphatic heterocycles. The molecule has 112 valence electrons. The molecule has 8 heteroatoms. The molecule has 0 bridgehead atoms. The monoisotopic (exact) mass is 282 g/mol. The summed E-state index contributed by atoms with van der Waals surface area (Å²) in [5.41, 5.74) is 0. The molecule has 0 unspecified atom stereocenters. The summed E-state index contributed by atoms with van der Waals surface area (Å²) in [7, 11) is 1.66. The molecule has 0 spiro atoms. The van der Waals surface area contributed by atoms with Crippen LogP contribution in [0.3, 0.4) is 0 Å². The summed E-state index contributed by atoms with van der Waals surface area (Å²) in [6.07, 6.45) is 1.63. The molecular weight excluding hydrogens is 260 g/mol. The highest BCUT2D eigenvalue weighted by Crippen LogP contribution is 2.03. The van der Waals surface area contributed by atoms with Crippen LogP contribution in [-0.4, -0.2) is 79.7 Å². The summed E-state index contributed by atoms with van der Waals surface area (Å²) in [6, 6.07) is 0. The highest BCUT2D eigenvalue weighted by Gasteiger charge is 2.09. The molecule has 0 amide bonds. The number of hydrogen-bond donors (Lipinski definition) is 2. The second-order valence-corrected chi connectivity index (χ2v) is 4.47. The van der Waals surface area contributed by atoms with Crippen molar-refractivity contribution < 1.29 is 9.47 Å². The van der Waals surface area contributed by atoms with Gasteiger partial charge in [0, 0.05) is 39.8 Å². The number of nitrogens with one attached hydrogen (secondary N) is 2. The van der Waals surface area contributed by atoms with Crippen LogP contribution in [0.5, 0.6) is 0 Å². The zero-order valence-corrected chi connectivity index (χ0v) is 11.8. The van der Waals surface area contributed by atoms with Gasteiger partial charge in [-0.1, -0.05) is 0 Å². The Kier molecular flexibility index (Phi) is 6.42. The Hall–Kier alpha value is -1.51. The van der Waals surface area contributed by atoms with Crippen LogP contribution < -0.4 is 10.6 Å². The second-order valence-electron chi connectivity index (χ2n) is 4.47. The zero-order chi connectivity index (χ0) is 14.0. The van der Waals surface area contributed by atoms with Crippen LogP contribution in [0.2, 0.25) is 0 Å². The maximum absolute atomic E-state index is 5.32. The largest absolute Gasteiger partial charge is 0.383 e. The molecule has 8 nitrogen and oxygen atoms in total. The van der Waals surface area contributed by atoms with E-state index in [0.29, 0.717) is 19.1 Å². The van der Waals surface area contributed by atoms with Crippen molar-refractivity contribution in [2.45, 2.75) is 0 Å². The van der Waals surface area contributed by atoms with Crippen LogP contribution in [0.15, 0.2) is 6.20 Å². The quantitative estimate of drug-likeness (QED) is 0.627. The summed E-state index contributed by atoms with van der Waals surface area (Å²) < 4.78 is 10.3. The molecule has 0 aliphatic carbocycles. The van der Waals surface area contributed by atoms with Crippen molar-refractivity contribution in [1.82, 2.24) is 20.1 Å². The van der Waals surface area contributed by atoms with Gasteiger partial charge in [-0.25, -0.2) is 0 Å². The van der Waals surface area contributed by atoms with Crippen LogP contribution >= 0.6 is 0 Å². The molecule has 1 saturated heterocycles. The third kappa shape index (κ3) is 5.24. The Morgan fingerprint density at radius 1 is 1.30 bits per heavy atom. The van der Waals surface area contributed by atoms with E-state index in [4.69, 9.17) is 9.47 Å². The summed E-state index contributed by atoms with van der Waals surface area (Å²) in [5, 5.41) is 14.1. The van der Waals surface area contributed by atoms with E-state index in [1.54, 1.807) is 13.3 Å². The van der Waals surface area contributed by atoms with Gasteiger partial charge >= 0.3 is 0 Å². The first-order valence-electron chi connectivity index (χ1n) is 6.85. The van der Waals surface area contributed by atoms with Gasteiger partial charge in [-0.15, -0.1) is 5.10 Å². The van der Waals surface area contributed by atoms with Crippen molar-refractivity contribution in [3.63, 3.8) is 0 Å². The Balaban J connectivity index is 1.70. The average Bonchev–Trinajstić information content (AvgIpc) is 2.49. The molecule has 2 rings (SSSR count). The van der Waals surface area contributed by atoms with Crippen molar-refractivity contribution in [1.29, 1.82) is 0 Å². The van der Waals surface area contributed by atoms with E-state index < -0.39 is 0 Å². The summed E-state index contributed by atoms with van der Waals surface area (Å²) >= 11 is 0. The van der Waals surface area contributed by atoms with E-state index in [-0.39, 0.29) is 0 Å². The molecule has 0 aromatic carbocycles.